The van der Waals surface area contributed by atoms with Crippen molar-refractivity contribution in [2.75, 3.05) is 13.2 Å². The van der Waals surface area contributed by atoms with Crippen LogP contribution in [0, 0.1) is 0 Å². The molecule has 0 aromatic heterocycles. The molecule has 0 N–H and O–H groups in total. The van der Waals surface area contributed by atoms with E-state index in [4.69, 9.17) is 47.4 Å². The number of carbonyl (C=O) groups is 8. The van der Waals surface area contributed by atoms with Gasteiger partial charge in [0.15, 0.2) is 37.0 Å². The van der Waals surface area contributed by atoms with Gasteiger partial charge in [0.05, 0.1) is 29.4 Å². The summed E-state index contributed by atoms with van der Waals surface area (Å²) in [6, 6.07) is 9.54. The van der Waals surface area contributed by atoms with Gasteiger partial charge in [0, 0.05) is 34.6 Å². The number of carbonyl (C=O) groups excluding carboxylic acids is 8. The molecule has 2 fully saturated rings. The Morgan fingerprint density at radius 3 is 1.88 bits per heavy atom. The van der Waals surface area contributed by atoms with E-state index in [0.717, 1.165) is 32.6 Å². The van der Waals surface area contributed by atoms with E-state index >= 15 is 0 Å². The number of benzene rings is 2. The third kappa shape index (κ3) is 10.4. The van der Waals surface area contributed by atoms with Crippen LogP contribution in [0.3, 0.4) is 0 Å². The molecule has 0 spiro atoms. The van der Waals surface area contributed by atoms with Gasteiger partial charge in [0.1, 0.15) is 30.6 Å². The number of hydrogen-bond acceptors (Lipinski definition) is 18. The highest BCUT2D eigenvalue weighted by molar-refractivity contribution is 6.21. The summed E-state index contributed by atoms with van der Waals surface area (Å²) >= 11 is 0. The molecule has 5 rings (SSSR count). The summed E-state index contributed by atoms with van der Waals surface area (Å²) in [5.74, 6) is -6.84. The highest BCUT2D eigenvalue weighted by Crippen LogP contribution is 2.39. The average molecular weight is 826 g/mol. The molecule has 3 aliphatic heterocycles. The van der Waals surface area contributed by atoms with Crippen LogP contribution in [0.25, 0.3) is 0 Å². The standard InChI is InChI=1S/C40H43NO18/c1-8-16-50-40-35(56-24(7)46)34(31(19(2)52-40)58-38(49)25-12-11-13-26(17-25)53-21(4)43)59-39-30(41-36(47)27-14-9-10-15-28(27)37(41)48)33(55-23(6)45)32(54-22(5)44)29(57-39)18-51-20(3)42/h8-15,17,19,29-35,39-40H,1,16,18H2,2-7H3/t19-,29+,30+,31-,32+,33+,34+,35+,39-,40+/m0/s1. The van der Waals surface area contributed by atoms with Gasteiger partial charge in [-0.05, 0) is 37.3 Å². The molecule has 19 heteroatoms. The molecular weight excluding hydrogens is 782 g/mol. The maximum absolute atomic E-state index is 14.2. The topological polar surface area (TPSA) is 232 Å². The number of fused-ring (bicyclic) bond motifs is 1. The number of hydrogen-bond donors (Lipinski definition) is 0. The van der Waals surface area contributed by atoms with Crippen LogP contribution >= 0.6 is 0 Å². The fraction of sp³-hybridized carbons (Fsp3) is 0.450. The molecule has 316 valence electrons. The summed E-state index contributed by atoms with van der Waals surface area (Å²) in [5, 5.41) is 0. The summed E-state index contributed by atoms with van der Waals surface area (Å²) in [6.07, 6.45) is -12.7. The molecule has 2 amide bonds. The minimum Gasteiger partial charge on any atom is -0.463 e. The van der Waals surface area contributed by atoms with Gasteiger partial charge in [-0.25, -0.2) is 4.79 Å². The Kier molecular flexibility index (Phi) is 14.3. The van der Waals surface area contributed by atoms with E-state index in [-0.39, 0.29) is 29.0 Å². The van der Waals surface area contributed by atoms with Crippen molar-refractivity contribution in [3.05, 3.63) is 77.9 Å². The monoisotopic (exact) mass is 825 g/mol. The molecule has 59 heavy (non-hydrogen) atoms. The number of nitrogens with zero attached hydrogens (tertiary/aromatic N) is 1. The molecule has 3 heterocycles. The van der Waals surface area contributed by atoms with Crippen molar-refractivity contribution < 1.29 is 85.7 Å². The van der Waals surface area contributed by atoms with Crippen molar-refractivity contribution in [3.8, 4) is 5.75 Å². The normalized spacial score (nSPS) is 27.5. The van der Waals surface area contributed by atoms with E-state index in [1.165, 1.54) is 68.5 Å². The van der Waals surface area contributed by atoms with Crippen LogP contribution in [0.5, 0.6) is 5.75 Å². The van der Waals surface area contributed by atoms with Crippen LogP contribution < -0.4 is 4.74 Å². The molecule has 0 bridgehead atoms. The summed E-state index contributed by atoms with van der Waals surface area (Å²) in [6.45, 7) is 9.80. The minimum absolute atomic E-state index is 0.0259. The lowest BCUT2D eigenvalue weighted by atomic mass is 9.93. The zero-order chi connectivity index (χ0) is 43.1. The Labute approximate surface area is 337 Å². The van der Waals surface area contributed by atoms with Gasteiger partial charge in [-0.15, -0.1) is 6.58 Å². The van der Waals surface area contributed by atoms with Gasteiger partial charge in [-0.3, -0.25) is 38.5 Å². The third-order valence-corrected chi connectivity index (χ3v) is 9.07. The molecule has 2 saturated heterocycles. The Balaban J connectivity index is 1.67. The zero-order valence-electron chi connectivity index (χ0n) is 32.9. The lowest BCUT2D eigenvalue weighted by molar-refractivity contribution is -0.347. The Bertz CT molecular complexity index is 1950. The molecule has 0 unspecified atom stereocenters. The predicted molar refractivity (Wildman–Crippen MR) is 195 cm³/mol. The second-order valence-corrected chi connectivity index (χ2v) is 13.5. The first-order valence-corrected chi connectivity index (χ1v) is 18.3. The van der Waals surface area contributed by atoms with Gasteiger partial charge in [0.2, 0.25) is 0 Å². The Morgan fingerprint density at radius 1 is 0.695 bits per heavy atom. The molecule has 0 aliphatic carbocycles. The smallest absolute Gasteiger partial charge is 0.338 e. The van der Waals surface area contributed by atoms with E-state index < -0.39 is 116 Å². The van der Waals surface area contributed by atoms with Gasteiger partial charge >= 0.3 is 35.8 Å². The number of ether oxygens (including phenoxy) is 10. The van der Waals surface area contributed by atoms with E-state index in [0.29, 0.717) is 0 Å². The van der Waals surface area contributed by atoms with E-state index in [1.807, 2.05) is 0 Å². The van der Waals surface area contributed by atoms with Crippen molar-refractivity contribution in [2.45, 2.75) is 103 Å². The summed E-state index contributed by atoms with van der Waals surface area (Å²) in [4.78, 5) is 105. The second kappa shape index (κ2) is 19.2. The molecule has 2 aromatic rings. The largest absolute Gasteiger partial charge is 0.463 e. The van der Waals surface area contributed by atoms with Crippen LogP contribution in [0.15, 0.2) is 61.2 Å². The molecule has 19 nitrogen and oxygen atoms in total. The van der Waals surface area contributed by atoms with Crippen molar-refractivity contribution in [3.63, 3.8) is 0 Å². The molecule has 2 aromatic carbocycles. The number of rotatable bonds is 14. The third-order valence-electron chi connectivity index (χ3n) is 9.07. The molecule has 0 radical (unpaired) electrons. The first-order valence-electron chi connectivity index (χ1n) is 18.3. The van der Waals surface area contributed by atoms with E-state index in [9.17, 15) is 38.4 Å². The first-order chi connectivity index (χ1) is 28.0. The maximum Gasteiger partial charge on any atom is 0.338 e. The first kappa shape index (κ1) is 44.1. The van der Waals surface area contributed by atoms with Crippen molar-refractivity contribution in [2.24, 2.45) is 0 Å². The van der Waals surface area contributed by atoms with Crippen LogP contribution in [-0.4, -0.2) is 127 Å². The molecular formula is C40H43NO18. The highest BCUT2D eigenvalue weighted by atomic mass is 16.8. The maximum atomic E-state index is 14.2. The van der Waals surface area contributed by atoms with Crippen LogP contribution in [0.2, 0.25) is 0 Å². The van der Waals surface area contributed by atoms with Crippen LogP contribution in [0.4, 0.5) is 0 Å². The Hall–Kier alpha value is -6.02. The van der Waals surface area contributed by atoms with Gasteiger partial charge in [-0.1, -0.05) is 24.3 Å². The van der Waals surface area contributed by atoms with Gasteiger partial charge in [0.25, 0.3) is 11.8 Å². The van der Waals surface area contributed by atoms with E-state index in [1.54, 1.807) is 0 Å². The average Bonchev–Trinajstić information content (AvgIpc) is 3.41. The lowest BCUT2D eigenvalue weighted by Gasteiger charge is -2.50. The molecule has 10 atom stereocenters. The molecule has 0 saturated carbocycles. The van der Waals surface area contributed by atoms with Gasteiger partial charge < -0.3 is 47.4 Å². The summed E-state index contributed by atoms with van der Waals surface area (Å²) in [5.41, 5.74) is -0.133. The fourth-order valence-corrected chi connectivity index (χ4v) is 6.85. The lowest BCUT2D eigenvalue weighted by Crippen LogP contribution is -2.70. The second-order valence-electron chi connectivity index (χ2n) is 13.5. The van der Waals surface area contributed by atoms with Crippen LogP contribution in [0.1, 0.15) is 72.6 Å². The molecule has 3 aliphatic rings. The van der Waals surface area contributed by atoms with Crippen LogP contribution in [-0.2, 0) is 66.6 Å². The zero-order valence-corrected chi connectivity index (χ0v) is 32.9. The minimum atomic E-state index is -1.92. The quantitative estimate of drug-likeness (QED) is 0.0873. The van der Waals surface area contributed by atoms with Crippen molar-refractivity contribution in [1.29, 1.82) is 0 Å². The fourth-order valence-electron chi connectivity index (χ4n) is 6.85. The highest BCUT2D eigenvalue weighted by Gasteiger charge is 2.60. The number of esters is 6. The van der Waals surface area contributed by atoms with Gasteiger partial charge in [-0.2, -0.15) is 0 Å². The Morgan fingerprint density at radius 2 is 1.31 bits per heavy atom. The summed E-state index contributed by atoms with van der Waals surface area (Å²) in [7, 11) is 0. The number of amides is 2. The summed E-state index contributed by atoms with van der Waals surface area (Å²) < 4.78 is 58.1. The van der Waals surface area contributed by atoms with E-state index in [2.05, 4.69) is 6.58 Å². The SMILES string of the molecule is C=CCO[C@@H]1O[C@@H](C)[C@H](OC(=O)c2cccc(OC(C)=O)c2)[C@@H](O[C@@H]2O[C@H](COC(C)=O)[C@@H](OC(C)=O)[C@H](OC(C)=O)[C@H]2N2C(=O)c3ccccc3C2=O)[C@H]1OC(C)=O. The number of imide groups is 1. The van der Waals surface area contributed by atoms with Crippen molar-refractivity contribution >= 4 is 47.6 Å². The predicted octanol–water partition coefficient (Wildman–Crippen LogP) is 2.22. The van der Waals surface area contributed by atoms with Crippen molar-refractivity contribution in [1.82, 2.24) is 4.90 Å².